The number of nitriles is 1. The lowest BCUT2D eigenvalue weighted by Gasteiger charge is -2.36. The summed E-state index contributed by atoms with van der Waals surface area (Å²) in [5.74, 6) is -1.83. The Hall–Kier alpha value is -3.65. The van der Waals surface area contributed by atoms with Gasteiger partial charge >= 0.3 is 0 Å². The molecule has 160 valence electrons. The molecule has 0 aromatic carbocycles. The minimum atomic E-state index is -1.48. The second kappa shape index (κ2) is 8.61. The van der Waals surface area contributed by atoms with Gasteiger partial charge in [-0.1, -0.05) is 0 Å². The lowest BCUT2D eigenvalue weighted by Crippen LogP contribution is -2.49. The van der Waals surface area contributed by atoms with Crippen molar-refractivity contribution in [3.63, 3.8) is 0 Å². The van der Waals surface area contributed by atoms with E-state index < -0.39 is 29.9 Å². The Bertz CT molecular complexity index is 1040. The Morgan fingerprint density at radius 1 is 1.32 bits per heavy atom. The zero-order chi connectivity index (χ0) is 22.0. The molecule has 2 fully saturated rings. The Morgan fingerprint density at radius 3 is 2.90 bits per heavy atom. The molecular formula is C20H20FN7O3. The van der Waals surface area contributed by atoms with Crippen molar-refractivity contribution < 1.29 is 18.8 Å². The quantitative estimate of drug-likeness (QED) is 0.763. The van der Waals surface area contributed by atoms with Crippen LogP contribution in [0.5, 0.6) is 0 Å². The second-order valence-electron chi connectivity index (χ2n) is 7.38. The number of piperidine rings is 1. The first-order chi connectivity index (χ1) is 15.0. The van der Waals surface area contributed by atoms with Crippen molar-refractivity contribution in [1.29, 1.82) is 5.26 Å². The van der Waals surface area contributed by atoms with E-state index in [4.69, 9.17) is 15.8 Å². The Labute approximate surface area is 177 Å². The number of aromatic nitrogens is 3. The number of alkyl halides is 1. The summed E-state index contributed by atoms with van der Waals surface area (Å²) in [6.45, 7) is 0.558. The molecular weight excluding hydrogens is 405 g/mol. The third-order valence-electron chi connectivity index (χ3n) is 5.43. The predicted octanol–water partition coefficient (Wildman–Crippen LogP) is 0.912. The van der Waals surface area contributed by atoms with E-state index in [9.17, 15) is 9.59 Å². The standard InChI is InChI=1S/C20H20FN7O3/c21-15-11-27(20-25-4-1-16(26-20)18(23)29)5-2-14(15)19(30)28-17(3-6-31-28)13-7-12(8-22)9-24-10-13/h1,4,7,9-10,14-15,17H,2-3,5-6,11H2,(H2,23,29)/t14-,15-,17-/m0/s1. The second-order valence-corrected chi connectivity index (χ2v) is 7.38. The van der Waals surface area contributed by atoms with Crippen molar-refractivity contribution >= 4 is 17.8 Å². The van der Waals surface area contributed by atoms with Crippen LogP contribution in [0.15, 0.2) is 30.7 Å². The van der Waals surface area contributed by atoms with Gasteiger partial charge in [-0.3, -0.25) is 19.4 Å². The van der Waals surface area contributed by atoms with Gasteiger partial charge in [0.1, 0.15) is 17.9 Å². The van der Waals surface area contributed by atoms with Crippen LogP contribution in [0.1, 0.15) is 40.5 Å². The highest BCUT2D eigenvalue weighted by Crippen LogP contribution is 2.34. The fourth-order valence-corrected chi connectivity index (χ4v) is 3.86. The fourth-order valence-electron chi connectivity index (χ4n) is 3.86. The molecule has 2 N–H and O–H groups in total. The highest BCUT2D eigenvalue weighted by molar-refractivity contribution is 5.90. The third kappa shape index (κ3) is 4.15. The number of carbonyl (C=O) groups excluding carboxylic acids is 2. The number of amides is 2. The summed E-state index contributed by atoms with van der Waals surface area (Å²) in [4.78, 5) is 43.7. The van der Waals surface area contributed by atoms with Crippen molar-refractivity contribution in [2.24, 2.45) is 11.7 Å². The lowest BCUT2D eigenvalue weighted by molar-refractivity contribution is -0.184. The molecule has 2 saturated heterocycles. The van der Waals surface area contributed by atoms with Gasteiger partial charge in [0.15, 0.2) is 0 Å². The molecule has 4 rings (SSSR count). The molecule has 0 saturated carbocycles. The number of hydrogen-bond donors (Lipinski definition) is 1. The van der Waals surface area contributed by atoms with Crippen LogP contribution in [-0.2, 0) is 9.63 Å². The molecule has 10 nitrogen and oxygen atoms in total. The van der Waals surface area contributed by atoms with Crippen LogP contribution in [0.2, 0.25) is 0 Å². The highest BCUT2D eigenvalue weighted by Gasteiger charge is 2.42. The first-order valence-corrected chi connectivity index (χ1v) is 9.81. The predicted molar refractivity (Wildman–Crippen MR) is 105 cm³/mol. The van der Waals surface area contributed by atoms with Crippen LogP contribution in [0, 0.1) is 17.2 Å². The number of primary amides is 1. The Morgan fingerprint density at radius 2 is 2.16 bits per heavy atom. The smallest absolute Gasteiger partial charge is 0.267 e. The lowest BCUT2D eigenvalue weighted by atomic mass is 9.93. The monoisotopic (exact) mass is 425 g/mol. The minimum Gasteiger partial charge on any atom is -0.364 e. The number of carbonyl (C=O) groups is 2. The summed E-state index contributed by atoms with van der Waals surface area (Å²) in [7, 11) is 0. The molecule has 2 aliphatic rings. The Kier molecular flexibility index (Phi) is 5.73. The molecule has 0 spiro atoms. The van der Waals surface area contributed by atoms with E-state index in [2.05, 4.69) is 15.0 Å². The molecule has 31 heavy (non-hydrogen) atoms. The number of nitrogens with two attached hydrogens (primary N) is 1. The number of hydroxylamine groups is 2. The summed E-state index contributed by atoms with van der Waals surface area (Å²) >= 11 is 0. The summed E-state index contributed by atoms with van der Waals surface area (Å²) in [5.41, 5.74) is 6.34. The Balaban J connectivity index is 1.47. The molecule has 0 radical (unpaired) electrons. The summed E-state index contributed by atoms with van der Waals surface area (Å²) in [6.07, 6.45) is 3.70. The van der Waals surface area contributed by atoms with Gasteiger partial charge in [-0.25, -0.2) is 19.4 Å². The molecule has 2 amide bonds. The maximum atomic E-state index is 15.0. The summed E-state index contributed by atoms with van der Waals surface area (Å²) < 4.78 is 15.0. The molecule has 11 heteroatoms. The molecule has 0 unspecified atom stereocenters. The van der Waals surface area contributed by atoms with Crippen LogP contribution >= 0.6 is 0 Å². The van der Waals surface area contributed by atoms with Gasteiger partial charge in [0.05, 0.1) is 30.7 Å². The van der Waals surface area contributed by atoms with Gasteiger partial charge < -0.3 is 10.6 Å². The summed E-state index contributed by atoms with van der Waals surface area (Å²) in [6, 6.07) is 4.64. The maximum Gasteiger partial charge on any atom is 0.267 e. The van der Waals surface area contributed by atoms with Gasteiger partial charge in [-0.2, -0.15) is 5.26 Å². The van der Waals surface area contributed by atoms with Crippen LogP contribution in [0.3, 0.4) is 0 Å². The number of nitrogens with zero attached hydrogens (tertiary/aromatic N) is 6. The van der Waals surface area contributed by atoms with Crippen molar-refractivity contribution in [2.45, 2.75) is 25.1 Å². The fraction of sp³-hybridized carbons (Fsp3) is 0.400. The molecule has 2 aliphatic heterocycles. The van der Waals surface area contributed by atoms with E-state index in [1.807, 2.05) is 6.07 Å². The first kappa shape index (κ1) is 20.6. The average molecular weight is 425 g/mol. The molecule has 2 aromatic rings. The van der Waals surface area contributed by atoms with Gasteiger partial charge in [-0.05, 0) is 24.1 Å². The van der Waals surface area contributed by atoms with Crippen LogP contribution in [0.4, 0.5) is 10.3 Å². The van der Waals surface area contributed by atoms with E-state index in [1.165, 1.54) is 23.5 Å². The largest absolute Gasteiger partial charge is 0.364 e. The van der Waals surface area contributed by atoms with Crippen LogP contribution in [-0.4, -0.2) is 57.7 Å². The number of hydrogen-bond acceptors (Lipinski definition) is 8. The van der Waals surface area contributed by atoms with E-state index in [0.29, 0.717) is 30.7 Å². The van der Waals surface area contributed by atoms with Crippen LogP contribution in [0.25, 0.3) is 0 Å². The average Bonchev–Trinajstić information content (AvgIpc) is 3.28. The van der Waals surface area contributed by atoms with Crippen molar-refractivity contribution in [1.82, 2.24) is 20.0 Å². The number of halogens is 1. The number of pyridine rings is 1. The van der Waals surface area contributed by atoms with Crippen molar-refractivity contribution in [3.05, 3.63) is 47.5 Å². The molecule has 3 atom stereocenters. The van der Waals surface area contributed by atoms with Crippen LogP contribution < -0.4 is 10.6 Å². The highest BCUT2D eigenvalue weighted by atomic mass is 19.1. The number of anilines is 1. The maximum absolute atomic E-state index is 15.0. The normalized spacial score (nSPS) is 23.4. The molecule has 0 bridgehead atoms. The molecule has 4 heterocycles. The molecule has 2 aromatic heterocycles. The zero-order valence-corrected chi connectivity index (χ0v) is 16.5. The summed E-state index contributed by atoms with van der Waals surface area (Å²) in [5, 5.41) is 10.3. The van der Waals surface area contributed by atoms with Gasteiger partial charge in [0.25, 0.3) is 11.8 Å². The first-order valence-electron chi connectivity index (χ1n) is 9.81. The van der Waals surface area contributed by atoms with Gasteiger partial charge in [-0.15, -0.1) is 0 Å². The van der Waals surface area contributed by atoms with Crippen molar-refractivity contribution in [2.75, 3.05) is 24.6 Å². The number of rotatable bonds is 4. The van der Waals surface area contributed by atoms with E-state index in [0.717, 1.165) is 0 Å². The topological polar surface area (TPSA) is 138 Å². The minimum absolute atomic E-state index is 0.0418. The third-order valence-corrected chi connectivity index (χ3v) is 5.43. The van der Waals surface area contributed by atoms with E-state index >= 15 is 4.39 Å². The van der Waals surface area contributed by atoms with E-state index in [1.54, 1.807) is 17.2 Å². The zero-order valence-electron chi connectivity index (χ0n) is 16.5. The van der Waals surface area contributed by atoms with Gasteiger partial charge in [0, 0.05) is 31.6 Å². The molecule has 0 aliphatic carbocycles. The van der Waals surface area contributed by atoms with E-state index in [-0.39, 0.29) is 24.6 Å². The van der Waals surface area contributed by atoms with Gasteiger partial charge in [0.2, 0.25) is 5.95 Å². The SMILES string of the molecule is N#Cc1cncc([C@@H]2CCON2C(=O)[C@H]2CCN(c3nccc(C(N)=O)n3)C[C@@H]2F)c1. The van der Waals surface area contributed by atoms with Crippen molar-refractivity contribution in [3.8, 4) is 6.07 Å².